The summed E-state index contributed by atoms with van der Waals surface area (Å²) in [4.78, 5) is 16.7. The molecule has 0 aliphatic carbocycles. The number of hydrogen-bond donors (Lipinski definition) is 2. The van der Waals surface area contributed by atoms with Crippen molar-refractivity contribution in [1.82, 2.24) is 30.3 Å². The standard InChI is InChI=1S/C16H18N6O/c1-11(2)22-9-13(8-19-22)16(23)20-14(15-17-10-18-21-15)12-6-4-3-5-7-12/h3-11,14H,1-2H3,(H,20,23)(H,17,18,21)/t14-/m0/s1. The molecule has 2 N–H and O–H groups in total. The fourth-order valence-electron chi connectivity index (χ4n) is 2.26. The minimum absolute atomic E-state index is 0.204. The first-order valence-electron chi connectivity index (χ1n) is 7.40. The van der Waals surface area contributed by atoms with E-state index in [1.165, 1.54) is 6.33 Å². The van der Waals surface area contributed by atoms with E-state index in [0.29, 0.717) is 11.4 Å². The van der Waals surface area contributed by atoms with Crippen LogP contribution >= 0.6 is 0 Å². The lowest BCUT2D eigenvalue weighted by Gasteiger charge is -2.16. The Hall–Kier alpha value is -2.96. The van der Waals surface area contributed by atoms with E-state index < -0.39 is 6.04 Å². The van der Waals surface area contributed by atoms with Crippen LogP contribution in [0.25, 0.3) is 0 Å². The molecule has 3 rings (SSSR count). The Balaban J connectivity index is 1.85. The first-order chi connectivity index (χ1) is 11.1. The lowest BCUT2D eigenvalue weighted by molar-refractivity contribution is 0.0941. The summed E-state index contributed by atoms with van der Waals surface area (Å²) in [6.07, 6.45) is 4.73. The van der Waals surface area contributed by atoms with E-state index in [0.717, 1.165) is 5.56 Å². The summed E-state index contributed by atoms with van der Waals surface area (Å²) < 4.78 is 1.75. The van der Waals surface area contributed by atoms with Crippen LogP contribution in [-0.4, -0.2) is 30.9 Å². The Morgan fingerprint density at radius 1 is 1.26 bits per heavy atom. The van der Waals surface area contributed by atoms with Gasteiger partial charge in [-0.3, -0.25) is 14.6 Å². The lowest BCUT2D eigenvalue weighted by atomic mass is 10.1. The summed E-state index contributed by atoms with van der Waals surface area (Å²) in [5, 5.41) is 13.9. The van der Waals surface area contributed by atoms with Gasteiger partial charge in [0.05, 0.1) is 11.8 Å². The van der Waals surface area contributed by atoms with Crippen molar-refractivity contribution >= 4 is 5.91 Å². The quantitative estimate of drug-likeness (QED) is 0.755. The topological polar surface area (TPSA) is 88.5 Å². The number of aromatic amines is 1. The van der Waals surface area contributed by atoms with Gasteiger partial charge in [-0.1, -0.05) is 30.3 Å². The zero-order valence-electron chi connectivity index (χ0n) is 13.0. The van der Waals surface area contributed by atoms with E-state index in [1.54, 1.807) is 17.1 Å². The van der Waals surface area contributed by atoms with Crippen molar-refractivity contribution in [3.8, 4) is 0 Å². The molecular formula is C16H18N6O. The number of aromatic nitrogens is 5. The molecule has 7 heteroatoms. The summed E-state index contributed by atoms with van der Waals surface area (Å²) in [5.74, 6) is 0.378. The van der Waals surface area contributed by atoms with Gasteiger partial charge in [0.1, 0.15) is 12.4 Å². The number of amides is 1. The Morgan fingerprint density at radius 3 is 2.65 bits per heavy atom. The molecule has 2 aromatic heterocycles. The van der Waals surface area contributed by atoms with E-state index in [-0.39, 0.29) is 11.9 Å². The van der Waals surface area contributed by atoms with Crippen LogP contribution in [0, 0.1) is 0 Å². The second-order valence-electron chi connectivity index (χ2n) is 5.49. The average molecular weight is 310 g/mol. The molecule has 0 saturated heterocycles. The van der Waals surface area contributed by atoms with Crippen LogP contribution in [0.3, 0.4) is 0 Å². The highest BCUT2D eigenvalue weighted by Gasteiger charge is 2.21. The van der Waals surface area contributed by atoms with Gasteiger partial charge in [-0.2, -0.15) is 10.2 Å². The third-order valence-electron chi connectivity index (χ3n) is 3.51. The van der Waals surface area contributed by atoms with Gasteiger partial charge in [-0.15, -0.1) is 0 Å². The summed E-state index contributed by atoms with van der Waals surface area (Å²) in [7, 11) is 0. The van der Waals surface area contributed by atoms with Gasteiger partial charge in [-0.05, 0) is 19.4 Å². The molecule has 7 nitrogen and oxygen atoms in total. The number of nitrogens with zero attached hydrogens (tertiary/aromatic N) is 4. The van der Waals surface area contributed by atoms with Gasteiger partial charge in [0.2, 0.25) is 0 Å². The van der Waals surface area contributed by atoms with Gasteiger partial charge in [0.25, 0.3) is 5.91 Å². The van der Waals surface area contributed by atoms with Crippen LogP contribution < -0.4 is 5.32 Å². The van der Waals surface area contributed by atoms with Crippen molar-refractivity contribution in [2.24, 2.45) is 0 Å². The highest BCUT2D eigenvalue weighted by atomic mass is 16.1. The number of hydrogen-bond acceptors (Lipinski definition) is 4. The van der Waals surface area contributed by atoms with E-state index in [1.807, 2.05) is 44.2 Å². The molecule has 0 bridgehead atoms. The average Bonchev–Trinajstić information content (AvgIpc) is 3.24. The van der Waals surface area contributed by atoms with E-state index >= 15 is 0 Å². The monoisotopic (exact) mass is 310 g/mol. The molecule has 0 aliphatic heterocycles. The number of rotatable bonds is 5. The van der Waals surface area contributed by atoms with E-state index in [9.17, 15) is 4.79 Å². The van der Waals surface area contributed by atoms with Crippen molar-refractivity contribution in [2.75, 3.05) is 0 Å². The molecule has 0 unspecified atom stereocenters. The van der Waals surface area contributed by atoms with Crippen LogP contribution in [0.4, 0.5) is 0 Å². The van der Waals surface area contributed by atoms with Crippen molar-refractivity contribution in [3.63, 3.8) is 0 Å². The second kappa shape index (κ2) is 6.43. The van der Waals surface area contributed by atoms with Crippen molar-refractivity contribution in [3.05, 3.63) is 66.0 Å². The number of benzene rings is 1. The Bertz CT molecular complexity index is 763. The molecule has 1 amide bonds. The summed E-state index contributed by atoms with van der Waals surface area (Å²) in [6.45, 7) is 4.02. The Labute approximate surface area is 133 Å². The minimum atomic E-state index is -0.395. The molecule has 118 valence electrons. The maximum atomic E-state index is 12.5. The third-order valence-corrected chi connectivity index (χ3v) is 3.51. The SMILES string of the molecule is CC(C)n1cc(C(=O)N[C@@H](c2ccccc2)c2ncn[nH]2)cn1. The van der Waals surface area contributed by atoms with Gasteiger partial charge in [0, 0.05) is 12.2 Å². The fourth-order valence-corrected chi connectivity index (χ4v) is 2.26. The van der Waals surface area contributed by atoms with Crippen molar-refractivity contribution in [2.45, 2.75) is 25.9 Å². The van der Waals surface area contributed by atoms with Crippen LogP contribution in [0.2, 0.25) is 0 Å². The molecule has 0 radical (unpaired) electrons. The lowest BCUT2D eigenvalue weighted by Crippen LogP contribution is -2.30. The van der Waals surface area contributed by atoms with Crippen LogP contribution in [0.1, 0.15) is 47.7 Å². The molecule has 0 saturated carbocycles. The highest BCUT2D eigenvalue weighted by Crippen LogP contribution is 2.19. The molecule has 2 heterocycles. The molecule has 3 aromatic rings. The van der Waals surface area contributed by atoms with Crippen LogP contribution in [0.15, 0.2) is 49.1 Å². The molecule has 0 fully saturated rings. The third kappa shape index (κ3) is 3.28. The van der Waals surface area contributed by atoms with Crippen molar-refractivity contribution < 1.29 is 4.79 Å². The van der Waals surface area contributed by atoms with Gasteiger partial charge < -0.3 is 5.32 Å². The minimum Gasteiger partial charge on any atom is -0.338 e. The summed E-state index contributed by atoms with van der Waals surface area (Å²) in [5.41, 5.74) is 1.44. The zero-order chi connectivity index (χ0) is 16.2. The molecule has 0 aliphatic rings. The van der Waals surface area contributed by atoms with E-state index in [4.69, 9.17) is 0 Å². The highest BCUT2D eigenvalue weighted by molar-refractivity contribution is 5.94. The fraction of sp³-hybridized carbons (Fsp3) is 0.250. The zero-order valence-corrected chi connectivity index (χ0v) is 13.0. The number of H-pyrrole nitrogens is 1. The molecule has 1 aromatic carbocycles. The smallest absolute Gasteiger partial charge is 0.255 e. The van der Waals surface area contributed by atoms with Crippen LogP contribution in [-0.2, 0) is 0 Å². The normalized spacial score (nSPS) is 12.3. The largest absolute Gasteiger partial charge is 0.338 e. The predicted molar refractivity (Wildman–Crippen MR) is 84.7 cm³/mol. The predicted octanol–water partition coefficient (Wildman–Crippen LogP) is 2.10. The van der Waals surface area contributed by atoms with Crippen molar-refractivity contribution in [1.29, 1.82) is 0 Å². The molecule has 0 spiro atoms. The number of carbonyl (C=O) groups is 1. The maximum absolute atomic E-state index is 12.5. The Morgan fingerprint density at radius 2 is 2.04 bits per heavy atom. The first kappa shape index (κ1) is 15.0. The van der Waals surface area contributed by atoms with Gasteiger partial charge >= 0.3 is 0 Å². The summed E-state index contributed by atoms with van der Waals surface area (Å²) in [6, 6.07) is 9.44. The molecule has 23 heavy (non-hydrogen) atoms. The van der Waals surface area contributed by atoms with Gasteiger partial charge in [-0.25, -0.2) is 4.98 Å². The van der Waals surface area contributed by atoms with E-state index in [2.05, 4.69) is 25.6 Å². The van der Waals surface area contributed by atoms with Crippen LogP contribution in [0.5, 0.6) is 0 Å². The number of nitrogens with one attached hydrogen (secondary N) is 2. The maximum Gasteiger partial charge on any atom is 0.255 e. The molecule has 1 atom stereocenters. The van der Waals surface area contributed by atoms with Gasteiger partial charge in [0.15, 0.2) is 5.82 Å². The Kier molecular flexibility index (Phi) is 4.18. The second-order valence-corrected chi connectivity index (χ2v) is 5.49. The summed E-state index contributed by atoms with van der Waals surface area (Å²) >= 11 is 0. The molecular weight excluding hydrogens is 292 g/mol. The first-order valence-corrected chi connectivity index (χ1v) is 7.40. The number of carbonyl (C=O) groups excluding carboxylic acids is 1.